The molecule has 154 valence electrons. The number of rotatable bonds is 5. The third-order valence-electron chi connectivity index (χ3n) is 5.04. The van der Waals surface area contributed by atoms with Crippen LogP contribution in [0.3, 0.4) is 0 Å². The smallest absolute Gasteiger partial charge is 0.270 e. The molecule has 0 spiro atoms. The molecule has 0 aliphatic carbocycles. The molecule has 8 nitrogen and oxygen atoms in total. The second-order valence-corrected chi connectivity index (χ2v) is 7.28. The lowest BCUT2D eigenvalue weighted by atomic mass is 10.1. The summed E-state index contributed by atoms with van der Waals surface area (Å²) in [5.41, 5.74) is 2.67. The lowest BCUT2D eigenvalue weighted by Gasteiger charge is -2.34. The van der Waals surface area contributed by atoms with Crippen LogP contribution in [0.1, 0.15) is 11.1 Å². The Balaban J connectivity index is 1.93. The van der Waals surface area contributed by atoms with Crippen molar-refractivity contribution in [3.63, 3.8) is 0 Å². The highest BCUT2D eigenvalue weighted by Gasteiger charge is 2.20. The number of carbonyl (C=O) groups excluding carboxylic acids is 1. The van der Waals surface area contributed by atoms with Gasteiger partial charge >= 0.3 is 0 Å². The Kier molecular flexibility index (Phi) is 6.45. The van der Waals surface area contributed by atoms with Gasteiger partial charge in [-0.15, -0.1) is 0 Å². The van der Waals surface area contributed by atoms with Crippen LogP contribution in [0.5, 0.6) is 0 Å². The van der Waals surface area contributed by atoms with Crippen LogP contribution in [-0.2, 0) is 4.79 Å². The highest BCUT2D eigenvalue weighted by Crippen LogP contribution is 2.28. The number of nitro benzene ring substituents is 1. The number of nitrogens with zero attached hydrogens (tertiary/aromatic N) is 4. The first-order valence-corrected chi connectivity index (χ1v) is 9.59. The number of aryl methyl sites for hydroxylation is 1. The number of benzene rings is 2. The second kappa shape index (κ2) is 9.20. The molecule has 1 amide bonds. The zero-order valence-electron chi connectivity index (χ0n) is 17.0. The maximum atomic E-state index is 12.6. The van der Waals surface area contributed by atoms with Gasteiger partial charge in [-0.2, -0.15) is 5.26 Å². The van der Waals surface area contributed by atoms with Crippen LogP contribution in [-0.4, -0.2) is 49.0 Å². The molecule has 1 fully saturated rings. The Hall–Kier alpha value is -3.70. The topological polar surface area (TPSA) is 103 Å². The first-order chi connectivity index (χ1) is 14.4. The van der Waals surface area contributed by atoms with E-state index in [-0.39, 0.29) is 11.3 Å². The number of nitrogens with one attached hydrogen (secondary N) is 1. The summed E-state index contributed by atoms with van der Waals surface area (Å²) < 4.78 is 0. The molecule has 30 heavy (non-hydrogen) atoms. The zero-order valence-corrected chi connectivity index (χ0v) is 17.0. The Labute approximate surface area is 175 Å². The minimum Gasteiger partial charge on any atom is -0.368 e. The van der Waals surface area contributed by atoms with Gasteiger partial charge in [-0.05, 0) is 38.2 Å². The van der Waals surface area contributed by atoms with E-state index in [4.69, 9.17) is 0 Å². The summed E-state index contributed by atoms with van der Waals surface area (Å²) in [7, 11) is 2.04. The largest absolute Gasteiger partial charge is 0.368 e. The predicted molar refractivity (Wildman–Crippen MR) is 116 cm³/mol. The fourth-order valence-corrected chi connectivity index (χ4v) is 3.25. The van der Waals surface area contributed by atoms with Crippen molar-refractivity contribution in [3.8, 4) is 6.07 Å². The highest BCUT2D eigenvalue weighted by molar-refractivity contribution is 6.10. The SMILES string of the molecule is Cc1ccc(NC(=O)/C(C#N)=C/c2cc([N+](=O)[O-])ccc2N2CCN(C)CC2)cc1. The highest BCUT2D eigenvalue weighted by atomic mass is 16.6. The number of hydrogen-bond acceptors (Lipinski definition) is 6. The van der Waals surface area contributed by atoms with Crippen molar-refractivity contribution in [2.24, 2.45) is 0 Å². The summed E-state index contributed by atoms with van der Waals surface area (Å²) in [4.78, 5) is 27.7. The van der Waals surface area contributed by atoms with Gasteiger partial charge in [0.15, 0.2) is 0 Å². The van der Waals surface area contributed by atoms with Gasteiger partial charge < -0.3 is 15.1 Å². The normalized spacial score (nSPS) is 14.8. The molecule has 2 aromatic rings. The van der Waals surface area contributed by atoms with Crippen LogP contribution >= 0.6 is 0 Å². The summed E-state index contributed by atoms with van der Waals surface area (Å²) in [6.07, 6.45) is 1.42. The Morgan fingerprint density at radius 3 is 2.43 bits per heavy atom. The predicted octanol–water partition coefficient (Wildman–Crippen LogP) is 3.20. The third-order valence-corrected chi connectivity index (χ3v) is 5.04. The Morgan fingerprint density at radius 1 is 1.17 bits per heavy atom. The molecule has 1 heterocycles. The van der Waals surface area contributed by atoms with Crippen LogP contribution in [0.25, 0.3) is 6.08 Å². The van der Waals surface area contributed by atoms with Gasteiger partial charge in [0.2, 0.25) is 0 Å². The third kappa shape index (κ3) is 5.01. The van der Waals surface area contributed by atoms with E-state index in [9.17, 15) is 20.2 Å². The van der Waals surface area contributed by atoms with E-state index in [2.05, 4.69) is 15.1 Å². The minimum absolute atomic E-state index is 0.0876. The van der Waals surface area contributed by atoms with Crippen molar-refractivity contribution < 1.29 is 9.72 Å². The number of amides is 1. The van der Waals surface area contributed by atoms with Gasteiger partial charge in [0.05, 0.1) is 4.92 Å². The number of carbonyl (C=O) groups is 1. The molecule has 1 saturated heterocycles. The molecule has 1 N–H and O–H groups in total. The number of nitro groups is 1. The van der Waals surface area contributed by atoms with Crippen molar-refractivity contribution in [2.45, 2.75) is 6.92 Å². The summed E-state index contributed by atoms with van der Waals surface area (Å²) >= 11 is 0. The molecular formula is C22H23N5O3. The van der Waals surface area contributed by atoms with Gasteiger partial charge in [-0.3, -0.25) is 14.9 Å². The van der Waals surface area contributed by atoms with Gasteiger partial charge in [0.25, 0.3) is 11.6 Å². The van der Waals surface area contributed by atoms with Crippen LogP contribution in [0.2, 0.25) is 0 Å². The summed E-state index contributed by atoms with van der Waals surface area (Å²) in [6.45, 7) is 5.17. The number of piperazine rings is 1. The summed E-state index contributed by atoms with van der Waals surface area (Å²) in [5.74, 6) is -0.558. The first kappa shape index (κ1) is 21.0. The van der Waals surface area contributed by atoms with Crippen LogP contribution < -0.4 is 10.2 Å². The van der Waals surface area contributed by atoms with Crippen molar-refractivity contribution in [3.05, 3.63) is 69.3 Å². The summed E-state index contributed by atoms with van der Waals surface area (Å²) in [5, 5.41) is 23.5. The Bertz CT molecular complexity index is 1020. The van der Waals surface area contributed by atoms with Crippen LogP contribution in [0.15, 0.2) is 48.0 Å². The van der Waals surface area contributed by atoms with Gasteiger partial charge in [-0.25, -0.2) is 0 Å². The Morgan fingerprint density at radius 2 is 1.83 bits per heavy atom. The molecule has 3 rings (SSSR count). The number of anilines is 2. The summed E-state index contributed by atoms with van der Waals surface area (Å²) in [6, 6.07) is 13.7. The van der Waals surface area contributed by atoms with Gasteiger partial charge in [-0.1, -0.05) is 17.7 Å². The number of nitriles is 1. The van der Waals surface area contributed by atoms with Crippen molar-refractivity contribution in [1.29, 1.82) is 5.26 Å². The fourth-order valence-electron chi connectivity index (χ4n) is 3.25. The lowest BCUT2D eigenvalue weighted by molar-refractivity contribution is -0.384. The maximum Gasteiger partial charge on any atom is 0.270 e. The molecule has 2 aromatic carbocycles. The van der Waals surface area contributed by atoms with E-state index in [0.717, 1.165) is 37.4 Å². The van der Waals surface area contributed by atoms with Crippen molar-refractivity contribution >= 4 is 29.0 Å². The van der Waals surface area contributed by atoms with E-state index in [1.807, 2.05) is 32.2 Å². The van der Waals surface area contributed by atoms with E-state index in [1.165, 1.54) is 18.2 Å². The quantitative estimate of drug-likeness (QED) is 0.355. The van der Waals surface area contributed by atoms with E-state index >= 15 is 0 Å². The zero-order chi connectivity index (χ0) is 21.7. The molecule has 1 aliphatic rings. The molecule has 0 aromatic heterocycles. The lowest BCUT2D eigenvalue weighted by Crippen LogP contribution is -2.44. The first-order valence-electron chi connectivity index (χ1n) is 9.59. The second-order valence-electron chi connectivity index (χ2n) is 7.28. The van der Waals surface area contributed by atoms with Gasteiger partial charge in [0, 0.05) is 55.2 Å². The fraction of sp³-hybridized carbons (Fsp3) is 0.273. The van der Waals surface area contributed by atoms with Crippen molar-refractivity contribution in [2.75, 3.05) is 43.4 Å². The molecule has 0 unspecified atom stereocenters. The standard InChI is InChI=1S/C22H23N5O3/c1-16-3-5-19(6-4-16)24-22(28)18(15-23)13-17-14-20(27(29)30)7-8-21(17)26-11-9-25(2)10-12-26/h3-8,13-14H,9-12H2,1-2H3,(H,24,28)/b18-13+. The molecular weight excluding hydrogens is 382 g/mol. The number of likely N-dealkylation sites (N-methyl/N-ethyl adjacent to an activating group) is 1. The monoisotopic (exact) mass is 405 g/mol. The number of hydrogen-bond donors (Lipinski definition) is 1. The average molecular weight is 405 g/mol. The maximum absolute atomic E-state index is 12.6. The molecule has 0 bridgehead atoms. The molecule has 0 saturated carbocycles. The van der Waals surface area contributed by atoms with E-state index in [1.54, 1.807) is 18.2 Å². The molecule has 1 aliphatic heterocycles. The van der Waals surface area contributed by atoms with E-state index < -0.39 is 10.8 Å². The molecule has 8 heteroatoms. The van der Waals surface area contributed by atoms with E-state index in [0.29, 0.717) is 11.3 Å². The van der Waals surface area contributed by atoms with Crippen molar-refractivity contribution in [1.82, 2.24) is 4.90 Å². The molecule has 0 radical (unpaired) electrons. The minimum atomic E-state index is -0.558. The number of non-ortho nitro benzene ring substituents is 1. The average Bonchev–Trinajstić information content (AvgIpc) is 2.74. The van der Waals surface area contributed by atoms with Crippen LogP contribution in [0, 0.1) is 28.4 Å². The van der Waals surface area contributed by atoms with Crippen LogP contribution in [0.4, 0.5) is 17.1 Å². The molecule has 0 atom stereocenters. The van der Waals surface area contributed by atoms with Gasteiger partial charge in [0.1, 0.15) is 11.6 Å².